The molecule has 7 nitrogen and oxygen atoms in total. The van der Waals surface area contributed by atoms with Crippen LogP contribution in [0.3, 0.4) is 0 Å². The molecule has 0 aliphatic carbocycles. The molecule has 4 aromatic heterocycles. The monoisotopic (exact) mass is 365 g/mol. The molecule has 130 valence electrons. The molecular formula is C18H15N5O2S. The predicted octanol–water partition coefficient (Wildman–Crippen LogP) is 2.72. The van der Waals surface area contributed by atoms with Gasteiger partial charge < -0.3 is 5.32 Å². The van der Waals surface area contributed by atoms with Crippen molar-refractivity contribution in [2.45, 2.75) is 6.92 Å². The average Bonchev–Trinajstić information content (AvgIpc) is 3.25. The Hall–Kier alpha value is -3.26. The molecule has 4 rings (SSSR count). The number of nitrogens with one attached hydrogen (secondary N) is 1. The molecule has 0 radical (unpaired) electrons. The van der Waals surface area contributed by atoms with Gasteiger partial charge in [0.1, 0.15) is 22.9 Å². The largest absolute Gasteiger partial charge is 0.304 e. The molecule has 0 saturated heterocycles. The van der Waals surface area contributed by atoms with E-state index in [1.807, 2.05) is 47.2 Å². The maximum atomic E-state index is 12.7. The highest BCUT2D eigenvalue weighted by molar-refractivity contribution is 7.13. The van der Waals surface area contributed by atoms with E-state index in [-0.39, 0.29) is 11.3 Å². The van der Waals surface area contributed by atoms with Gasteiger partial charge in [-0.25, -0.2) is 9.67 Å². The van der Waals surface area contributed by atoms with Crippen molar-refractivity contribution in [3.05, 3.63) is 69.6 Å². The first-order valence-corrected chi connectivity index (χ1v) is 8.79. The Balaban J connectivity index is 1.82. The average molecular weight is 365 g/mol. The van der Waals surface area contributed by atoms with Gasteiger partial charge in [-0.3, -0.25) is 14.0 Å². The predicted molar refractivity (Wildman–Crippen MR) is 101 cm³/mol. The fourth-order valence-electron chi connectivity index (χ4n) is 2.65. The molecule has 0 aliphatic heterocycles. The van der Waals surface area contributed by atoms with Crippen LogP contribution in [0.5, 0.6) is 0 Å². The molecule has 0 saturated carbocycles. The van der Waals surface area contributed by atoms with Gasteiger partial charge in [0, 0.05) is 19.3 Å². The Morgan fingerprint density at radius 2 is 2.08 bits per heavy atom. The summed E-state index contributed by atoms with van der Waals surface area (Å²) in [6.45, 7) is 1.99. The van der Waals surface area contributed by atoms with Crippen molar-refractivity contribution in [3.8, 4) is 10.6 Å². The molecule has 0 bridgehead atoms. The maximum absolute atomic E-state index is 12.7. The van der Waals surface area contributed by atoms with Crippen molar-refractivity contribution in [1.82, 2.24) is 19.2 Å². The van der Waals surface area contributed by atoms with Crippen LogP contribution in [-0.2, 0) is 7.05 Å². The third-order valence-corrected chi connectivity index (χ3v) is 4.84. The van der Waals surface area contributed by atoms with Crippen LogP contribution < -0.4 is 10.9 Å². The second-order valence-electron chi connectivity index (χ2n) is 5.85. The second-order valence-corrected chi connectivity index (χ2v) is 6.80. The van der Waals surface area contributed by atoms with E-state index in [9.17, 15) is 9.59 Å². The quantitative estimate of drug-likeness (QED) is 0.605. The van der Waals surface area contributed by atoms with Crippen molar-refractivity contribution < 1.29 is 4.79 Å². The normalized spacial score (nSPS) is 11.0. The minimum Gasteiger partial charge on any atom is -0.304 e. The summed E-state index contributed by atoms with van der Waals surface area (Å²) in [4.78, 5) is 29.8. The smallest absolute Gasteiger partial charge is 0.277 e. The van der Waals surface area contributed by atoms with Gasteiger partial charge in [-0.1, -0.05) is 6.07 Å². The minimum atomic E-state index is -0.402. The molecule has 4 aromatic rings. The van der Waals surface area contributed by atoms with Crippen LogP contribution in [-0.4, -0.2) is 25.1 Å². The summed E-state index contributed by atoms with van der Waals surface area (Å²) in [6.07, 6.45) is 1.87. The highest BCUT2D eigenvalue weighted by Crippen LogP contribution is 2.32. The van der Waals surface area contributed by atoms with Gasteiger partial charge in [0.25, 0.3) is 11.5 Å². The first-order valence-electron chi connectivity index (χ1n) is 7.91. The van der Waals surface area contributed by atoms with Gasteiger partial charge in [-0.15, -0.1) is 11.3 Å². The molecule has 4 heterocycles. The van der Waals surface area contributed by atoms with Crippen molar-refractivity contribution in [3.63, 3.8) is 0 Å². The SMILES string of the molecule is Cc1ccn2c(NC(=O)c3ccc(=O)n(C)n3)c(-c3cccs3)nc2c1. The number of fused-ring (bicyclic) bond motifs is 1. The lowest BCUT2D eigenvalue weighted by molar-refractivity contribution is 0.101. The summed E-state index contributed by atoms with van der Waals surface area (Å²) >= 11 is 1.55. The Morgan fingerprint density at radius 3 is 2.81 bits per heavy atom. The lowest BCUT2D eigenvalue weighted by atomic mass is 10.3. The number of rotatable bonds is 3. The van der Waals surface area contributed by atoms with Gasteiger partial charge in [0.15, 0.2) is 0 Å². The number of aromatic nitrogens is 4. The van der Waals surface area contributed by atoms with Gasteiger partial charge in [0.2, 0.25) is 0 Å². The standard InChI is InChI=1S/C18H15N5O2S/c1-11-7-8-23-14(10-11)19-16(13-4-3-9-26-13)17(23)20-18(25)12-5-6-15(24)22(2)21-12/h3-10H,1-2H3,(H,20,25). The van der Waals surface area contributed by atoms with Crippen molar-refractivity contribution in [2.75, 3.05) is 5.32 Å². The van der Waals surface area contributed by atoms with E-state index in [0.29, 0.717) is 11.5 Å². The van der Waals surface area contributed by atoms with Crippen LogP contribution in [0.4, 0.5) is 5.82 Å². The first-order chi connectivity index (χ1) is 12.5. The van der Waals surface area contributed by atoms with E-state index in [0.717, 1.165) is 20.8 Å². The van der Waals surface area contributed by atoms with E-state index >= 15 is 0 Å². The van der Waals surface area contributed by atoms with Crippen LogP contribution in [0.15, 0.2) is 52.8 Å². The topological polar surface area (TPSA) is 81.3 Å². The maximum Gasteiger partial charge on any atom is 0.277 e. The number of hydrogen-bond donors (Lipinski definition) is 1. The number of carbonyl (C=O) groups is 1. The molecule has 8 heteroatoms. The summed E-state index contributed by atoms with van der Waals surface area (Å²) in [5.74, 6) is 0.170. The van der Waals surface area contributed by atoms with Gasteiger partial charge in [-0.2, -0.15) is 5.10 Å². The molecule has 0 atom stereocenters. The van der Waals surface area contributed by atoms with Crippen LogP contribution in [0.2, 0.25) is 0 Å². The summed E-state index contributed by atoms with van der Waals surface area (Å²) in [7, 11) is 1.51. The fraction of sp³-hybridized carbons (Fsp3) is 0.111. The zero-order chi connectivity index (χ0) is 18.3. The Bertz CT molecular complexity index is 1170. The molecule has 26 heavy (non-hydrogen) atoms. The Labute approximate surface area is 152 Å². The second kappa shape index (κ2) is 6.23. The molecule has 0 unspecified atom stereocenters. The van der Waals surface area contributed by atoms with E-state index in [4.69, 9.17) is 0 Å². The molecule has 0 aromatic carbocycles. The number of imidazole rings is 1. The Morgan fingerprint density at radius 1 is 1.23 bits per heavy atom. The zero-order valence-corrected chi connectivity index (χ0v) is 14.9. The van der Waals surface area contributed by atoms with Crippen molar-refractivity contribution in [2.24, 2.45) is 7.05 Å². The number of aryl methyl sites for hydroxylation is 2. The highest BCUT2D eigenvalue weighted by Gasteiger charge is 2.19. The molecule has 1 N–H and O–H groups in total. The number of carbonyl (C=O) groups excluding carboxylic acids is 1. The fourth-order valence-corrected chi connectivity index (χ4v) is 3.36. The number of pyridine rings is 1. The lowest BCUT2D eigenvalue weighted by Crippen LogP contribution is -2.24. The van der Waals surface area contributed by atoms with Gasteiger partial charge in [-0.05, 0) is 42.1 Å². The number of amides is 1. The van der Waals surface area contributed by atoms with Crippen LogP contribution >= 0.6 is 11.3 Å². The van der Waals surface area contributed by atoms with E-state index in [2.05, 4.69) is 15.4 Å². The number of thiophene rings is 1. The third kappa shape index (κ3) is 2.80. The van der Waals surface area contributed by atoms with Crippen molar-refractivity contribution >= 4 is 28.7 Å². The third-order valence-electron chi connectivity index (χ3n) is 3.96. The highest BCUT2D eigenvalue weighted by atomic mass is 32.1. The number of hydrogen-bond acceptors (Lipinski definition) is 5. The number of anilines is 1. The van der Waals surface area contributed by atoms with E-state index in [1.54, 1.807) is 11.3 Å². The minimum absolute atomic E-state index is 0.159. The molecule has 0 fully saturated rings. The lowest BCUT2D eigenvalue weighted by Gasteiger charge is -2.07. The molecule has 0 aliphatic rings. The van der Waals surface area contributed by atoms with Gasteiger partial charge in [0.05, 0.1) is 4.88 Å². The van der Waals surface area contributed by atoms with Crippen molar-refractivity contribution in [1.29, 1.82) is 0 Å². The zero-order valence-electron chi connectivity index (χ0n) is 14.1. The number of nitrogens with zero attached hydrogens (tertiary/aromatic N) is 4. The summed E-state index contributed by atoms with van der Waals surface area (Å²) < 4.78 is 2.97. The van der Waals surface area contributed by atoms with E-state index in [1.165, 1.54) is 19.2 Å². The van der Waals surface area contributed by atoms with Crippen LogP contribution in [0.25, 0.3) is 16.2 Å². The first kappa shape index (κ1) is 16.2. The molecular weight excluding hydrogens is 350 g/mol. The Kier molecular flexibility index (Phi) is 3.89. The summed E-state index contributed by atoms with van der Waals surface area (Å²) in [5.41, 5.74) is 2.41. The van der Waals surface area contributed by atoms with Crippen LogP contribution in [0.1, 0.15) is 16.1 Å². The summed E-state index contributed by atoms with van der Waals surface area (Å²) in [5, 5.41) is 8.86. The molecule has 0 spiro atoms. The van der Waals surface area contributed by atoms with Crippen LogP contribution in [0, 0.1) is 6.92 Å². The molecule has 1 amide bonds. The van der Waals surface area contributed by atoms with Gasteiger partial charge >= 0.3 is 0 Å². The van der Waals surface area contributed by atoms with E-state index < -0.39 is 5.91 Å². The summed E-state index contributed by atoms with van der Waals surface area (Å²) in [6, 6.07) is 10.5.